The predicted molar refractivity (Wildman–Crippen MR) is 75.1 cm³/mol. The van der Waals surface area contributed by atoms with Crippen LogP contribution in [0.5, 0.6) is 11.5 Å². The first kappa shape index (κ1) is 13.2. The molecule has 0 saturated carbocycles. The van der Waals surface area contributed by atoms with Gasteiger partial charge in [-0.1, -0.05) is 6.07 Å². The standard InChI is InChI=1S/C15H20N2O3/c18-15(17-10-12-8-16-9-12)4-2-11-1-3-13-14(7-11)20-6-5-19-13/h1,3,7,12,16H,2,4-6,8-10H2,(H,17,18). The van der Waals surface area contributed by atoms with Crippen LogP contribution in [0.25, 0.3) is 0 Å². The van der Waals surface area contributed by atoms with Crippen LogP contribution in [0.4, 0.5) is 0 Å². The molecule has 0 aromatic heterocycles. The number of fused-ring (bicyclic) bond motifs is 1. The van der Waals surface area contributed by atoms with Gasteiger partial charge in [0.1, 0.15) is 13.2 Å². The highest BCUT2D eigenvalue weighted by Crippen LogP contribution is 2.30. The number of carbonyl (C=O) groups excluding carboxylic acids is 1. The SMILES string of the molecule is O=C(CCc1ccc2c(c1)OCCO2)NCC1CNC1. The molecule has 1 fully saturated rings. The second-order valence-corrected chi connectivity index (χ2v) is 5.31. The number of ether oxygens (including phenoxy) is 2. The number of aryl methyl sites for hydroxylation is 1. The largest absolute Gasteiger partial charge is 0.486 e. The third-order valence-electron chi connectivity index (χ3n) is 3.70. The van der Waals surface area contributed by atoms with E-state index in [0.29, 0.717) is 25.6 Å². The van der Waals surface area contributed by atoms with E-state index >= 15 is 0 Å². The van der Waals surface area contributed by atoms with Gasteiger partial charge in [-0.05, 0) is 24.1 Å². The molecule has 0 bridgehead atoms. The monoisotopic (exact) mass is 276 g/mol. The summed E-state index contributed by atoms with van der Waals surface area (Å²) in [6.45, 7) is 4.01. The minimum absolute atomic E-state index is 0.117. The van der Waals surface area contributed by atoms with Crippen LogP contribution >= 0.6 is 0 Å². The van der Waals surface area contributed by atoms with E-state index in [4.69, 9.17) is 9.47 Å². The fourth-order valence-electron chi connectivity index (χ4n) is 2.34. The van der Waals surface area contributed by atoms with Crippen LogP contribution in [0.15, 0.2) is 18.2 Å². The van der Waals surface area contributed by atoms with E-state index in [9.17, 15) is 4.79 Å². The van der Waals surface area contributed by atoms with Crippen LogP contribution in [0.3, 0.4) is 0 Å². The molecule has 0 unspecified atom stereocenters. The molecule has 2 aliphatic heterocycles. The number of benzene rings is 1. The van der Waals surface area contributed by atoms with Crippen molar-refractivity contribution in [3.05, 3.63) is 23.8 Å². The maximum absolute atomic E-state index is 11.8. The van der Waals surface area contributed by atoms with Crippen molar-refractivity contribution in [1.82, 2.24) is 10.6 Å². The predicted octanol–water partition coefficient (Wildman–Crippen LogP) is 0.726. The Bertz CT molecular complexity index is 486. The van der Waals surface area contributed by atoms with E-state index < -0.39 is 0 Å². The molecular formula is C15H20N2O3. The molecule has 3 rings (SSSR count). The highest BCUT2D eigenvalue weighted by molar-refractivity contribution is 5.76. The molecule has 2 aliphatic rings. The summed E-state index contributed by atoms with van der Waals surface area (Å²) in [6.07, 6.45) is 1.24. The molecule has 0 aliphatic carbocycles. The van der Waals surface area contributed by atoms with Crippen LogP contribution in [0.1, 0.15) is 12.0 Å². The smallest absolute Gasteiger partial charge is 0.220 e. The quantitative estimate of drug-likeness (QED) is 0.832. The van der Waals surface area contributed by atoms with Crippen LogP contribution in [0, 0.1) is 5.92 Å². The normalized spacial score (nSPS) is 17.4. The Hall–Kier alpha value is -1.75. The van der Waals surface area contributed by atoms with Crippen molar-refractivity contribution in [3.63, 3.8) is 0 Å². The Morgan fingerprint density at radius 3 is 2.80 bits per heavy atom. The maximum Gasteiger partial charge on any atom is 0.220 e. The molecule has 108 valence electrons. The van der Waals surface area contributed by atoms with Crippen molar-refractivity contribution in [1.29, 1.82) is 0 Å². The number of amides is 1. The zero-order chi connectivity index (χ0) is 13.8. The van der Waals surface area contributed by atoms with Crippen molar-refractivity contribution in [2.45, 2.75) is 12.8 Å². The van der Waals surface area contributed by atoms with Gasteiger partial charge >= 0.3 is 0 Å². The minimum Gasteiger partial charge on any atom is -0.486 e. The zero-order valence-electron chi connectivity index (χ0n) is 11.5. The minimum atomic E-state index is 0.117. The van der Waals surface area contributed by atoms with Gasteiger partial charge < -0.3 is 20.1 Å². The van der Waals surface area contributed by atoms with Crippen molar-refractivity contribution < 1.29 is 14.3 Å². The Balaban J connectivity index is 1.46. The summed E-state index contributed by atoms with van der Waals surface area (Å²) in [5, 5.41) is 6.18. The highest BCUT2D eigenvalue weighted by Gasteiger charge is 2.17. The van der Waals surface area contributed by atoms with E-state index in [1.54, 1.807) is 0 Å². The van der Waals surface area contributed by atoms with Gasteiger partial charge in [0.2, 0.25) is 5.91 Å². The van der Waals surface area contributed by atoms with Gasteiger partial charge in [-0.2, -0.15) is 0 Å². The van der Waals surface area contributed by atoms with Gasteiger partial charge in [0, 0.05) is 32.0 Å². The second kappa shape index (κ2) is 6.13. The molecular weight excluding hydrogens is 256 g/mol. The molecule has 1 aromatic rings. The zero-order valence-corrected chi connectivity index (χ0v) is 11.5. The Kier molecular flexibility index (Phi) is 4.06. The molecule has 5 heteroatoms. The number of rotatable bonds is 5. The highest BCUT2D eigenvalue weighted by atomic mass is 16.6. The molecule has 0 atom stereocenters. The Labute approximate surface area is 118 Å². The van der Waals surface area contributed by atoms with Gasteiger partial charge in [-0.3, -0.25) is 4.79 Å². The van der Waals surface area contributed by atoms with Crippen molar-refractivity contribution in [2.24, 2.45) is 5.92 Å². The van der Waals surface area contributed by atoms with E-state index in [1.165, 1.54) is 0 Å². The Morgan fingerprint density at radius 1 is 1.25 bits per heavy atom. The van der Waals surface area contributed by atoms with Crippen LogP contribution in [-0.4, -0.2) is 38.8 Å². The summed E-state index contributed by atoms with van der Waals surface area (Å²) in [4.78, 5) is 11.8. The summed E-state index contributed by atoms with van der Waals surface area (Å²) in [5.41, 5.74) is 1.11. The number of hydrogen-bond donors (Lipinski definition) is 2. The lowest BCUT2D eigenvalue weighted by Gasteiger charge is -2.27. The van der Waals surface area contributed by atoms with Crippen LogP contribution in [0.2, 0.25) is 0 Å². The maximum atomic E-state index is 11.8. The fourth-order valence-corrected chi connectivity index (χ4v) is 2.34. The molecule has 20 heavy (non-hydrogen) atoms. The number of hydrogen-bond acceptors (Lipinski definition) is 4. The lowest BCUT2D eigenvalue weighted by Crippen LogP contribution is -2.48. The van der Waals surface area contributed by atoms with Gasteiger partial charge in [0.25, 0.3) is 0 Å². The van der Waals surface area contributed by atoms with Gasteiger partial charge in [0.15, 0.2) is 11.5 Å². The van der Waals surface area contributed by atoms with E-state index in [1.807, 2.05) is 18.2 Å². The molecule has 1 saturated heterocycles. The average Bonchev–Trinajstić information content (AvgIpc) is 2.43. The first-order chi connectivity index (χ1) is 9.81. The average molecular weight is 276 g/mol. The molecule has 5 nitrogen and oxygen atoms in total. The van der Waals surface area contributed by atoms with Crippen molar-refractivity contribution >= 4 is 5.91 Å². The fraction of sp³-hybridized carbons (Fsp3) is 0.533. The molecule has 0 spiro atoms. The summed E-state index contributed by atoms with van der Waals surface area (Å²) < 4.78 is 11.0. The van der Waals surface area contributed by atoms with Crippen LogP contribution in [-0.2, 0) is 11.2 Å². The van der Waals surface area contributed by atoms with E-state index in [2.05, 4.69) is 10.6 Å². The van der Waals surface area contributed by atoms with Crippen molar-refractivity contribution in [3.8, 4) is 11.5 Å². The Morgan fingerprint density at radius 2 is 2.05 bits per heavy atom. The number of nitrogens with one attached hydrogen (secondary N) is 2. The second-order valence-electron chi connectivity index (χ2n) is 5.31. The first-order valence-electron chi connectivity index (χ1n) is 7.17. The van der Waals surface area contributed by atoms with Gasteiger partial charge in [-0.25, -0.2) is 0 Å². The molecule has 1 amide bonds. The van der Waals surface area contributed by atoms with E-state index in [0.717, 1.165) is 43.1 Å². The number of carbonyl (C=O) groups is 1. The molecule has 2 N–H and O–H groups in total. The molecule has 1 aromatic carbocycles. The third kappa shape index (κ3) is 3.22. The lowest BCUT2D eigenvalue weighted by molar-refractivity contribution is -0.121. The van der Waals surface area contributed by atoms with Gasteiger partial charge in [-0.15, -0.1) is 0 Å². The first-order valence-corrected chi connectivity index (χ1v) is 7.17. The summed E-state index contributed by atoms with van der Waals surface area (Å²) in [5.74, 6) is 2.30. The summed E-state index contributed by atoms with van der Waals surface area (Å²) >= 11 is 0. The molecule has 0 radical (unpaired) electrons. The topological polar surface area (TPSA) is 59.6 Å². The lowest BCUT2D eigenvalue weighted by atomic mass is 10.0. The van der Waals surface area contributed by atoms with Crippen LogP contribution < -0.4 is 20.1 Å². The molecule has 2 heterocycles. The third-order valence-corrected chi connectivity index (χ3v) is 3.70. The summed E-state index contributed by atoms with van der Waals surface area (Å²) in [6, 6.07) is 5.88. The summed E-state index contributed by atoms with van der Waals surface area (Å²) in [7, 11) is 0. The van der Waals surface area contributed by atoms with Crippen molar-refractivity contribution in [2.75, 3.05) is 32.8 Å². The van der Waals surface area contributed by atoms with E-state index in [-0.39, 0.29) is 5.91 Å². The van der Waals surface area contributed by atoms with Gasteiger partial charge in [0.05, 0.1) is 0 Å².